The van der Waals surface area contributed by atoms with Gasteiger partial charge in [-0.15, -0.1) is 0 Å². The second-order valence-electron chi connectivity index (χ2n) is 5.09. The highest BCUT2D eigenvalue weighted by molar-refractivity contribution is 5.43. The van der Waals surface area contributed by atoms with Gasteiger partial charge in [0, 0.05) is 25.8 Å². The summed E-state index contributed by atoms with van der Waals surface area (Å²) in [5.74, 6) is 1.83. The minimum Gasteiger partial charge on any atom is -0.497 e. The molecular weight excluding hydrogens is 262 g/mol. The Hall–Kier alpha value is -2.07. The molecule has 0 atom stereocenters. The average Bonchev–Trinajstić information content (AvgIpc) is 2.54. The number of aromatic nitrogens is 1. The molecule has 0 saturated heterocycles. The molecule has 0 radical (unpaired) electrons. The highest BCUT2D eigenvalue weighted by atomic mass is 16.5. The minimum atomic E-state index is 0.537. The maximum Gasteiger partial charge on any atom is 0.129 e. The second kappa shape index (κ2) is 7.09. The Kier molecular flexibility index (Phi) is 5.17. The zero-order valence-electron chi connectivity index (χ0n) is 13.0. The fraction of sp³-hybridized carbons (Fsp3) is 0.353. The van der Waals surface area contributed by atoms with Gasteiger partial charge in [0.25, 0.3) is 0 Å². The van der Waals surface area contributed by atoms with Gasteiger partial charge in [0.05, 0.1) is 7.11 Å². The predicted octanol–water partition coefficient (Wildman–Crippen LogP) is 2.75. The van der Waals surface area contributed by atoms with Gasteiger partial charge in [-0.05, 0) is 41.8 Å². The molecule has 2 N–H and O–H groups in total. The van der Waals surface area contributed by atoms with E-state index in [-0.39, 0.29) is 0 Å². The van der Waals surface area contributed by atoms with Gasteiger partial charge in [-0.1, -0.05) is 19.1 Å². The first-order valence-corrected chi connectivity index (χ1v) is 7.20. The Morgan fingerprint density at radius 2 is 2.00 bits per heavy atom. The number of nitrogens with zero attached hydrogens (tertiary/aromatic N) is 2. The maximum atomic E-state index is 5.77. The van der Waals surface area contributed by atoms with Crippen LogP contribution in [0.4, 0.5) is 5.82 Å². The summed E-state index contributed by atoms with van der Waals surface area (Å²) in [5.41, 5.74) is 9.15. The molecule has 0 bridgehead atoms. The summed E-state index contributed by atoms with van der Waals surface area (Å²) in [7, 11) is 3.73. The van der Waals surface area contributed by atoms with Crippen molar-refractivity contribution >= 4 is 5.82 Å². The van der Waals surface area contributed by atoms with Gasteiger partial charge >= 0.3 is 0 Å². The number of hydrogen-bond donors (Lipinski definition) is 1. The molecule has 4 heteroatoms. The molecule has 0 saturated carbocycles. The molecule has 0 fully saturated rings. The largest absolute Gasteiger partial charge is 0.497 e. The Morgan fingerprint density at radius 3 is 2.67 bits per heavy atom. The van der Waals surface area contributed by atoms with Crippen molar-refractivity contribution in [2.24, 2.45) is 5.73 Å². The van der Waals surface area contributed by atoms with Crippen molar-refractivity contribution < 1.29 is 4.74 Å². The van der Waals surface area contributed by atoms with E-state index < -0.39 is 0 Å². The molecule has 0 spiro atoms. The number of aryl methyl sites for hydroxylation is 1. The summed E-state index contributed by atoms with van der Waals surface area (Å²) >= 11 is 0. The number of pyridine rings is 1. The molecule has 1 aromatic carbocycles. The molecule has 0 aliphatic heterocycles. The van der Waals surface area contributed by atoms with Crippen molar-refractivity contribution in [3.63, 3.8) is 0 Å². The van der Waals surface area contributed by atoms with Crippen LogP contribution in [-0.2, 0) is 19.5 Å². The number of anilines is 1. The van der Waals surface area contributed by atoms with Gasteiger partial charge in [0.2, 0.25) is 0 Å². The van der Waals surface area contributed by atoms with Crippen molar-refractivity contribution in [2.75, 3.05) is 19.1 Å². The molecule has 1 aromatic heterocycles. The van der Waals surface area contributed by atoms with E-state index in [0.717, 1.165) is 35.8 Å². The van der Waals surface area contributed by atoms with E-state index in [1.54, 1.807) is 7.11 Å². The van der Waals surface area contributed by atoms with E-state index in [1.807, 2.05) is 25.2 Å². The zero-order valence-corrected chi connectivity index (χ0v) is 13.0. The van der Waals surface area contributed by atoms with Crippen molar-refractivity contribution in [1.29, 1.82) is 0 Å². The highest BCUT2D eigenvalue weighted by Crippen LogP contribution is 2.19. The van der Waals surface area contributed by atoms with Crippen LogP contribution in [0.3, 0.4) is 0 Å². The summed E-state index contributed by atoms with van der Waals surface area (Å²) in [4.78, 5) is 6.81. The van der Waals surface area contributed by atoms with Gasteiger partial charge in [-0.2, -0.15) is 0 Å². The van der Waals surface area contributed by atoms with Crippen LogP contribution in [0, 0.1) is 0 Å². The van der Waals surface area contributed by atoms with E-state index in [2.05, 4.69) is 35.0 Å². The summed E-state index contributed by atoms with van der Waals surface area (Å²) in [6, 6.07) is 12.2. The lowest BCUT2D eigenvalue weighted by molar-refractivity contribution is 0.414. The Balaban J connectivity index is 2.20. The predicted molar refractivity (Wildman–Crippen MR) is 86.6 cm³/mol. The van der Waals surface area contributed by atoms with E-state index in [0.29, 0.717) is 6.54 Å². The number of nitrogens with two attached hydrogens (primary N) is 1. The van der Waals surface area contributed by atoms with E-state index in [4.69, 9.17) is 10.5 Å². The molecule has 112 valence electrons. The van der Waals surface area contributed by atoms with Gasteiger partial charge in [-0.25, -0.2) is 4.98 Å². The smallest absolute Gasteiger partial charge is 0.129 e. The third-order valence-electron chi connectivity index (χ3n) is 3.47. The number of hydrogen-bond acceptors (Lipinski definition) is 4. The minimum absolute atomic E-state index is 0.537. The number of methoxy groups -OCH3 is 1. The van der Waals surface area contributed by atoms with Crippen LogP contribution in [0.5, 0.6) is 5.75 Å². The molecule has 2 rings (SSSR count). The van der Waals surface area contributed by atoms with Crippen LogP contribution in [0.2, 0.25) is 0 Å². The SMILES string of the molecule is CCc1cc(CN)cc(N(C)Cc2cccc(OC)c2)n1. The first-order chi connectivity index (χ1) is 10.2. The topological polar surface area (TPSA) is 51.4 Å². The molecular formula is C17H23N3O. The van der Waals surface area contributed by atoms with Gasteiger partial charge in [-0.3, -0.25) is 0 Å². The number of rotatable bonds is 6. The third kappa shape index (κ3) is 3.95. The first-order valence-electron chi connectivity index (χ1n) is 7.20. The molecule has 0 aliphatic rings. The third-order valence-corrected chi connectivity index (χ3v) is 3.47. The average molecular weight is 285 g/mol. The highest BCUT2D eigenvalue weighted by Gasteiger charge is 2.07. The molecule has 21 heavy (non-hydrogen) atoms. The van der Waals surface area contributed by atoms with Crippen LogP contribution in [-0.4, -0.2) is 19.1 Å². The van der Waals surface area contributed by atoms with Crippen LogP contribution >= 0.6 is 0 Å². The molecule has 2 aromatic rings. The lowest BCUT2D eigenvalue weighted by Gasteiger charge is -2.20. The molecule has 4 nitrogen and oxygen atoms in total. The van der Waals surface area contributed by atoms with E-state index >= 15 is 0 Å². The van der Waals surface area contributed by atoms with Crippen molar-refractivity contribution in [1.82, 2.24) is 4.98 Å². The number of ether oxygens (including phenoxy) is 1. The van der Waals surface area contributed by atoms with Gasteiger partial charge < -0.3 is 15.4 Å². The number of benzene rings is 1. The Bertz CT molecular complexity index is 576. The molecule has 0 unspecified atom stereocenters. The zero-order chi connectivity index (χ0) is 15.2. The molecule has 0 aliphatic carbocycles. The normalized spacial score (nSPS) is 10.5. The van der Waals surface area contributed by atoms with E-state index in [1.165, 1.54) is 5.56 Å². The fourth-order valence-corrected chi connectivity index (χ4v) is 2.25. The summed E-state index contributed by atoms with van der Waals surface area (Å²) < 4.78 is 5.26. The van der Waals surface area contributed by atoms with Gasteiger partial charge in [0.1, 0.15) is 11.6 Å². The first kappa shape index (κ1) is 15.3. The molecule has 0 amide bonds. The van der Waals surface area contributed by atoms with Crippen LogP contribution in [0.1, 0.15) is 23.7 Å². The Morgan fingerprint density at radius 1 is 1.19 bits per heavy atom. The van der Waals surface area contributed by atoms with Crippen molar-refractivity contribution in [3.05, 3.63) is 53.2 Å². The molecule has 1 heterocycles. The second-order valence-corrected chi connectivity index (χ2v) is 5.09. The fourth-order valence-electron chi connectivity index (χ4n) is 2.25. The van der Waals surface area contributed by atoms with E-state index in [9.17, 15) is 0 Å². The van der Waals surface area contributed by atoms with Crippen LogP contribution in [0.15, 0.2) is 36.4 Å². The van der Waals surface area contributed by atoms with Crippen LogP contribution in [0.25, 0.3) is 0 Å². The quantitative estimate of drug-likeness (QED) is 0.886. The monoisotopic (exact) mass is 285 g/mol. The lowest BCUT2D eigenvalue weighted by atomic mass is 10.1. The van der Waals surface area contributed by atoms with Crippen molar-refractivity contribution in [3.8, 4) is 5.75 Å². The van der Waals surface area contributed by atoms with Crippen LogP contribution < -0.4 is 15.4 Å². The van der Waals surface area contributed by atoms with Crippen molar-refractivity contribution in [2.45, 2.75) is 26.4 Å². The summed E-state index contributed by atoms with van der Waals surface area (Å²) in [5, 5.41) is 0. The van der Waals surface area contributed by atoms with Gasteiger partial charge in [0.15, 0.2) is 0 Å². The maximum absolute atomic E-state index is 5.77. The lowest BCUT2D eigenvalue weighted by Crippen LogP contribution is -2.19. The summed E-state index contributed by atoms with van der Waals surface area (Å²) in [6.07, 6.45) is 0.911. The standard InChI is InChI=1S/C17H23N3O/c1-4-15-8-14(11-18)10-17(19-15)20(2)12-13-6-5-7-16(9-13)21-3/h5-10H,4,11-12,18H2,1-3H3. The Labute approximate surface area is 126 Å². The summed E-state index contributed by atoms with van der Waals surface area (Å²) in [6.45, 7) is 3.42.